The average molecular weight is 422 g/mol. The first kappa shape index (κ1) is 21.4. The first-order valence-corrected chi connectivity index (χ1v) is 11.3. The fourth-order valence-electron chi connectivity index (χ4n) is 4.53. The lowest BCUT2D eigenvalue weighted by atomic mass is 9.92. The normalized spacial score (nSPS) is 20.4. The van der Waals surface area contributed by atoms with E-state index in [1.807, 2.05) is 29.2 Å². The number of hydrogen-bond donors (Lipinski definition) is 1. The predicted octanol–water partition coefficient (Wildman–Crippen LogP) is 2.71. The van der Waals surface area contributed by atoms with Gasteiger partial charge < -0.3 is 15.1 Å². The Morgan fingerprint density at radius 3 is 2.55 bits per heavy atom. The van der Waals surface area contributed by atoms with Crippen LogP contribution in [0.1, 0.15) is 64.6 Å². The molecule has 4 heterocycles. The van der Waals surface area contributed by atoms with Gasteiger partial charge >= 0.3 is 0 Å². The Hall–Kier alpha value is -2.80. The molecule has 4 rings (SSSR count). The molecule has 2 aromatic heterocycles. The summed E-state index contributed by atoms with van der Waals surface area (Å²) in [6, 6.07) is 9.65. The first-order chi connectivity index (χ1) is 15.1. The lowest BCUT2D eigenvalue weighted by molar-refractivity contribution is 0.0705. The molecule has 1 N–H and O–H groups in total. The minimum atomic E-state index is -0.0613. The van der Waals surface area contributed by atoms with E-state index in [-0.39, 0.29) is 11.8 Å². The van der Waals surface area contributed by atoms with Crippen molar-refractivity contribution in [3.8, 4) is 0 Å². The molecule has 7 heteroatoms. The molecule has 1 unspecified atom stereocenters. The standard InChI is InChI=1S/C24H31N5O2/c1-28-13-5-3-6-20(28)17-27-23(30)19-8-9-21(26-16-19)18-10-14-29(15-11-18)24(31)22-7-2-4-12-25-22/h2,4,7-9,12,16,18,20H,3,5-6,10-11,13-15,17H2,1H3,(H,27,30). The monoisotopic (exact) mass is 421 g/mol. The molecule has 1 atom stereocenters. The highest BCUT2D eigenvalue weighted by Gasteiger charge is 2.26. The number of hydrogen-bond acceptors (Lipinski definition) is 5. The summed E-state index contributed by atoms with van der Waals surface area (Å²) >= 11 is 0. The molecule has 31 heavy (non-hydrogen) atoms. The number of likely N-dealkylation sites (tertiary alicyclic amines) is 2. The van der Waals surface area contributed by atoms with Crippen LogP contribution in [-0.2, 0) is 0 Å². The molecular formula is C24H31N5O2. The van der Waals surface area contributed by atoms with Crippen molar-refractivity contribution >= 4 is 11.8 Å². The molecule has 2 aromatic rings. The van der Waals surface area contributed by atoms with Gasteiger partial charge in [-0.05, 0) is 63.5 Å². The third kappa shape index (κ3) is 5.28. The van der Waals surface area contributed by atoms with E-state index in [0.29, 0.717) is 42.9 Å². The maximum atomic E-state index is 12.6. The van der Waals surface area contributed by atoms with E-state index >= 15 is 0 Å². The minimum Gasteiger partial charge on any atom is -0.350 e. The van der Waals surface area contributed by atoms with Crippen LogP contribution in [-0.4, -0.2) is 70.9 Å². The maximum absolute atomic E-state index is 12.6. The summed E-state index contributed by atoms with van der Waals surface area (Å²) in [7, 11) is 2.13. The minimum absolute atomic E-state index is 0.0114. The third-order valence-corrected chi connectivity index (χ3v) is 6.55. The van der Waals surface area contributed by atoms with E-state index in [0.717, 1.165) is 31.5 Å². The highest BCUT2D eigenvalue weighted by Crippen LogP contribution is 2.27. The van der Waals surface area contributed by atoms with Crippen molar-refractivity contribution < 1.29 is 9.59 Å². The second-order valence-corrected chi connectivity index (χ2v) is 8.59. The summed E-state index contributed by atoms with van der Waals surface area (Å²) < 4.78 is 0. The fraction of sp³-hybridized carbons (Fsp3) is 0.500. The molecule has 0 spiro atoms. The number of carbonyl (C=O) groups is 2. The molecule has 0 radical (unpaired) electrons. The van der Waals surface area contributed by atoms with Gasteiger partial charge in [0.25, 0.3) is 11.8 Å². The van der Waals surface area contributed by atoms with Crippen molar-refractivity contribution in [3.05, 3.63) is 59.7 Å². The Morgan fingerprint density at radius 2 is 1.87 bits per heavy atom. The number of carbonyl (C=O) groups excluding carboxylic acids is 2. The van der Waals surface area contributed by atoms with Gasteiger partial charge in [-0.15, -0.1) is 0 Å². The van der Waals surface area contributed by atoms with Gasteiger partial charge in [0.05, 0.1) is 5.56 Å². The number of amides is 2. The predicted molar refractivity (Wildman–Crippen MR) is 119 cm³/mol. The molecule has 2 saturated heterocycles. The molecule has 2 aliphatic heterocycles. The van der Waals surface area contributed by atoms with Gasteiger partial charge in [-0.25, -0.2) is 0 Å². The molecule has 0 aliphatic carbocycles. The number of likely N-dealkylation sites (N-methyl/N-ethyl adjacent to an activating group) is 1. The van der Waals surface area contributed by atoms with Gasteiger partial charge in [0.15, 0.2) is 0 Å². The second kappa shape index (κ2) is 10.0. The topological polar surface area (TPSA) is 78.4 Å². The average Bonchev–Trinajstić information content (AvgIpc) is 2.84. The summed E-state index contributed by atoms with van der Waals surface area (Å²) in [5, 5.41) is 3.06. The summed E-state index contributed by atoms with van der Waals surface area (Å²) in [4.78, 5) is 38.0. The van der Waals surface area contributed by atoms with Crippen LogP contribution in [0, 0.1) is 0 Å². The summed E-state index contributed by atoms with van der Waals surface area (Å²) in [6.45, 7) is 3.17. The number of pyridine rings is 2. The number of aromatic nitrogens is 2. The van der Waals surface area contributed by atoms with E-state index in [1.165, 1.54) is 12.8 Å². The van der Waals surface area contributed by atoms with Crippen LogP contribution < -0.4 is 5.32 Å². The quantitative estimate of drug-likeness (QED) is 0.803. The number of piperidine rings is 2. The molecular weight excluding hydrogens is 390 g/mol. The van der Waals surface area contributed by atoms with Gasteiger partial charge in [-0.1, -0.05) is 12.5 Å². The highest BCUT2D eigenvalue weighted by molar-refractivity contribution is 5.94. The molecule has 7 nitrogen and oxygen atoms in total. The Morgan fingerprint density at radius 1 is 1.03 bits per heavy atom. The van der Waals surface area contributed by atoms with Crippen molar-refractivity contribution in [2.75, 3.05) is 33.2 Å². The molecule has 0 aromatic carbocycles. The third-order valence-electron chi connectivity index (χ3n) is 6.55. The first-order valence-electron chi connectivity index (χ1n) is 11.3. The largest absolute Gasteiger partial charge is 0.350 e. The molecule has 2 amide bonds. The van der Waals surface area contributed by atoms with Crippen LogP contribution in [0.4, 0.5) is 0 Å². The number of rotatable bonds is 5. The van der Waals surface area contributed by atoms with Crippen molar-refractivity contribution in [3.63, 3.8) is 0 Å². The van der Waals surface area contributed by atoms with E-state index < -0.39 is 0 Å². The van der Waals surface area contributed by atoms with Gasteiger partial charge in [-0.3, -0.25) is 19.6 Å². The van der Waals surface area contributed by atoms with E-state index in [9.17, 15) is 9.59 Å². The van der Waals surface area contributed by atoms with E-state index in [1.54, 1.807) is 18.5 Å². The molecule has 2 fully saturated rings. The van der Waals surface area contributed by atoms with Crippen LogP contribution >= 0.6 is 0 Å². The Balaban J connectivity index is 1.27. The SMILES string of the molecule is CN1CCCCC1CNC(=O)c1ccc(C2CCN(C(=O)c3ccccn3)CC2)nc1. The Bertz CT molecular complexity index is 879. The summed E-state index contributed by atoms with van der Waals surface area (Å²) in [5.41, 5.74) is 2.09. The van der Waals surface area contributed by atoms with Crippen LogP contribution in [0.3, 0.4) is 0 Å². The van der Waals surface area contributed by atoms with Gasteiger partial charge in [0.1, 0.15) is 5.69 Å². The lowest BCUT2D eigenvalue weighted by Gasteiger charge is -2.32. The van der Waals surface area contributed by atoms with Gasteiger partial charge in [0.2, 0.25) is 0 Å². The maximum Gasteiger partial charge on any atom is 0.272 e. The molecule has 0 saturated carbocycles. The zero-order valence-electron chi connectivity index (χ0n) is 18.2. The van der Waals surface area contributed by atoms with Crippen molar-refractivity contribution in [2.45, 2.75) is 44.1 Å². The molecule has 164 valence electrons. The van der Waals surface area contributed by atoms with Crippen LogP contribution in [0.15, 0.2) is 42.7 Å². The van der Waals surface area contributed by atoms with E-state index in [4.69, 9.17) is 0 Å². The van der Waals surface area contributed by atoms with Crippen molar-refractivity contribution in [1.82, 2.24) is 25.1 Å². The summed E-state index contributed by atoms with van der Waals surface area (Å²) in [5.74, 6) is 0.234. The summed E-state index contributed by atoms with van der Waals surface area (Å²) in [6.07, 6.45) is 8.66. The lowest BCUT2D eigenvalue weighted by Crippen LogP contribution is -2.44. The highest BCUT2D eigenvalue weighted by atomic mass is 16.2. The van der Waals surface area contributed by atoms with Gasteiger partial charge in [-0.2, -0.15) is 0 Å². The van der Waals surface area contributed by atoms with Gasteiger partial charge in [0, 0.05) is 49.7 Å². The Labute approximate surface area is 183 Å². The Kier molecular flexibility index (Phi) is 6.92. The van der Waals surface area contributed by atoms with Crippen LogP contribution in [0.2, 0.25) is 0 Å². The molecule has 0 bridgehead atoms. The number of nitrogens with zero attached hydrogens (tertiary/aromatic N) is 4. The van der Waals surface area contributed by atoms with Crippen LogP contribution in [0.25, 0.3) is 0 Å². The smallest absolute Gasteiger partial charge is 0.272 e. The van der Waals surface area contributed by atoms with Crippen molar-refractivity contribution in [2.24, 2.45) is 0 Å². The van der Waals surface area contributed by atoms with Crippen molar-refractivity contribution in [1.29, 1.82) is 0 Å². The fourth-order valence-corrected chi connectivity index (χ4v) is 4.53. The zero-order chi connectivity index (χ0) is 21.6. The molecule has 2 aliphatic rings. The number of nitrogens with one attached hydrogen (secondary N) is 1. The second-order valence-electron chi connectivity index (χ2n) is 8.59. The van der Waals surface area contributed by atoms with E-state index in [2.05, 4.69) is 27.2 Å². The van der Waals surface area contributed by atoms with Crippen LogP contribution in [0.5, 0.6) is 0 Å². The zero-order valence-corrected chi connectivity index (χ0v) is 18.2.